The van der Waals surface area contributed by atoms with Crippen LogP contribution in [0.5, 0.6) is 0 Å². The minimum atomic E-state index is -0.307. The van der Waals surface area contributed by atoms with Gasteiger partial charge in [-0.1, -0.05) is 6.07 Å². The summed E-state index contributed by atoms with van der Waals surface area (Å²) in [6.07, 6.45) is 1.52. The summed E-state index contributed by atoms with van der Waals surface area (Å²) in [4.78, 5) is 40.7. The average Bonchev–Trinajstić information content (AvgIpc) is 3.05. The highest BCUT2D eigenvalue weighted by Crippen LogP contribution is 2.29. The number of benzene rings is 1. The molecule has 27 heavy (non-hydrogen) atoms. The number of anilines is 1. The normalized spacial score (nSPS) is 20.9. The molecule has 2 aliphatic rings. The Morgan fingerprint density at radius 1 is 1.11 bits per heavy atom. The van der Waals surface area contributed by atoms with E-state index in [1.165, 1.54) is 5.56 Å². The fraction of sp³-hybridized carbons (Fsp3) is 0.571. The summed E-state index contributed by atoms with van der Waals surface area (Å²) >= 11 is 0. The number of piperidine rings is 1. The Hall–Kier alpha value is -2.37. The number of carbonyl (C=O) groups excluding carboxylic acids is 3. The maximum Gasteiger partial charge on any atom is 0.309 e. The van der Waals surface area contributed by atoms with Crippen molar-refractivity contribution in [2.75, 3.05) is 31.1 Å². The fourth-order valence-corrected chi connectivity index (χ4v) is 3.87. The maximum absolute atomic E-state index is 12.9. The van der Waals surface area contributed by atoms with E-state index >= 15 is 0 Å². The van der Waals surface area contributed by atoms with Crippen LogP contribution in [0.3, 0.4) is 0 Å². The van der Waals surface area contributed by atoms with Gasteiger partial charge in [0.25, 0.3) is 0 Å². The van der Waals surface area contributed by atoms with Crippen molar-refractivity contribution in [2.24, 2.45) is 11.8 Å². The van der Waals surface area contributed by atoms with Gasteiger partial charge in [-0.3, -0.25) is 14.4 Å². The van der Waals surface area contributed by atoms with Crippen molar-refractivity contribution < 1.29 is 19.1 Å². The van der Waals surface area contributed by atoms with Crippen LogP contribution < -0.4 is 4.90 Å². The zero-order valence-electron chi connectivity index (χ0n) is 16.4. The quantitative estimate of drug-likeness (QED) is 0.762. The fourth-order valence-electron chi connectivity index (χ4n) is 3.87. The molecule has 0 saturated carbocycles. The molecule has 0 N–H and O–H groups in total. The van der Waals surface area contributed by atoms with E-state index in [1.54, 1.807) is 16.7 Å². The molecule has 1 aromatic carbocycles. The van der Waals surface area contributed by atoms with E-state index in [0.29, 0.717) is 39.1 Å². The predicted octanol–water partition coefficient (Wildman–Crippen LogP) is 2.46. The number of rotatable bonds is 4. The van der Waals surface area contributed by atoms with Crippen LogP contribution in [0.25, 0.3) is 0 Å². The lowest BCUT2D eigenvalue weighted by Crippen LogP contribution is -2.44. The average molecular weight is 372 g/mol. The summed E-state index contributed by atoms with van der Waals surface area (Å²) in [7, 11) is 0. The van der Waals surface area contributed by atoms with Crippen LogP contribution >= 0.6 is 0 Å². The van der Waals surface area contributed by atoms with Gasteiger partial charge in [-0.05, 0) is 56.9 Å². The Labute approximate surface area is 160 Å². The second-order valence-corrected chi connectivity index (χ2v) is 7.53. The number of nitrogens with zero attached hydrogens (tertiary/aromatic N) is 2. The van der Waals surface area contributed by atoms with Crippen molar-refractivity contribution in [1.29, 1.82) is 0 Å². The van der Waals surface area contributed by atoms with E-state index in [-0.39, 0.29) is 36.0 Å². The molecule has 0 aromatic heterocycles. The van der Waals surface area contributed by atoms with Gasteiger partial charge in [0.2, 0.25) is 11.8 Å². The number of hydrogen-bond donors (Lipinski definition) is 0. The SMILES string of the molecule is CCOC(=O)C1CCN(C(=O)[C@@H]2CC(=O)N(c3ccc(C)c(C)c3)C2)CC1. The molecular formula is C21H28N2O4. The minimum Gasteiger partial charge on any atom is -0.466 e. The maximum atomic E-state index is 12.9. The van der Waals surface area contributed by atoms with Crippen LogP contribution in [0.15, 0.2) is 18.2 Å². The number of ether oxygens (including phenoxy) is 1. The number of likely N-dealkylation sites (tertiary alicyclic amines) is 1. The zero-order valence-corrected chi connectivity index (χ0v) is 16.4. The van der Waals surface area contributed by atoms with Gasteiger partial charge in [0.15, 0.2) is 0 Å². The molecule has 2 amide bonds. The van der Waals surface area contributed by atoms with Crippen LogP contribution in [0, 0.1) is 25.7 Å². The summed E-state index contributed by atoms with van der Waals surface area (Å²) in [6.45, 7) is 7.78. The van der Waals surface area contributed by atoms with E-state index in [1.807, 2.05) is 32.0 Å². The monoisotopic (exact) mass is 372 g/mol. The second kappa shape index (κ2) is 8.11. The molecule has 0 spiro atoms. The van der Waals surface area contributed by atoms with E-state index in [9.17, 15) is 14.4 Å². The third-order valence-corrected chi connectivity index (χ3v) is 5.70. The molecule has 1 aromatic rings. The Bertz CT molecular complexity index is 738. The van der Waals surface area contributed by atoms with Crippen molar-refractivity contribution >= 4 is 23.5 Å². The first-order valence-corrected chi connectivity index (χ1v) is 9.73. The number of aryl methyl sites for hydroxylation is 2. The molecular weight excluding hydrogens is 344 g/mol. The van der Waals surface area contributed by atoms with Crippen LogP contribution in [-0.4, -0.2) is 48.9 Å². The minimum absolute atomic E-state index is 0.00184. The molecule has 3 rings (SSSR count). The van der Waals surface area contributed by atoms with Crippen LogP contribution in [0.1, 0.15) is 37.3 Å². The third-order valence-electron chi connectivity index (χ3n) is 5.70. The van der Waals surface area contributed by atoms with Gasteiger partial charge in [-0.25, -0.2) is 0 Å². The lowest BCUT2D eigenvalue weighted by Gasteiger charge is -2.32. The number of esters is 1. The summed E-state index contributed by atoms with van der Waals surface area (Å²) in [5, 5.41) is 0. The molecule has 0 aliphatic carbocycles. The second-order valence-electron chi connectivity index (χ2n) is 7.53. The van der Waals surface area contributed by atoms with E-state index in [2.05, 4.69) is 0 Å². The number of hydrogen-bond acceptors (Lipinski definition) is 4. The van der Waals surface area contributed by atoms with Crippen molar-refractivity contribution in [3.63, 3.8) is 0 Å². The van der Waals surface area contributed by atoms with Crippen LogP contribution in [0.4, 0.5) is 5.69 Å². The van der Waals surface area contributed by atoms with Gasteiger partial charge in [-0.2, -0.15) is 0 Å². The summed E-state index contributed by atoms with van der Waals surface area (Å²) in [5.74, 6) is -0.568. The first kappa shape index (κ1) is 19.4. The van der Waals surface area contributed by atoms with Crippen molar-refractivity contribution in [2.45, 2.75) is 40.0 Å². The molecule has 2 saturated heterocycles. The smallest absolute Gasteiger partial charge is 0.309 e. The number of amides is 2. The molecule has 0 unspecified atom stereocenters. The van der Waals surface area contributed by atoms with Crippen molar-refractivity contribution in [3.8, 4) is 0 Å². The standard InChI is InChI=1S/C21H28N2O4/c1-4-27-21(26)16-7-9-22(10-8-16)20(25)17-12-19(24)23(13-17)18-6-5-14(2)15(3)11-18/h5-6,11,16-17H,4,7-10,12-13H2,1-3H3/t17-/m1/s1. The van der Waals surface area contributed by atoms with Gasteiger partial charge >= 0.3 is 5.97 Å². The summed E-state index contributed by atoms with van der Waals surface area (Å²) in [6, 6.07) is 5.95. The largest absolute Gasteiger partial charge is 0.466 e. The summed E-state index contributed by atoms with van der Waals surface area (Å²) in [5.41, 5.74) is 3.18. The highest BCUT2D eigenvalue weighted by atomic mass is 16.5. The molecule has 1 atom stereocenters. The van der Waals surface area contributed by atoms with Crippen LogP contribution in [0.2, 0.25) is 0 Å². The molecule has 2 aliphatic heterocycles. The van der Waals surface area contributed by atoms with Gasteiger partial charge < -0.3 is 14.5 Å². The molecule has 6 nitrogen and oxygen atoms in total. The highest BCUT2D eigenvalue weighted by Gasteiger charge is 2.38. The van der Waals surface area contributed by atoms with Crippen LogP contribution in [-0.2, 0) is 19.1 Å². The van der Waals surface area contributed by atoms with Gasteiger partial charge in [0, 0.05) is 31.7 Å². The van der Waals surface area contributed by atoms with E-state index < -0.39 is 0 Å². The van der Waals surface area contributed by atoms with E-state index in [0.717, 1.165) is 11.3 Å². The van der Waals surface area contributed by atoms with Crippen molar-refractivity contribution in [3.05, 3.63) is 29.3 Å². The lowest BCUT2D eigenvalue weighted by atomic mass is 9.95. The highest BCUT2D eigenvalue weighted by molar-refractivity contribution is 6.00. The molecule has 146 valence electrons. The molecule has 2 fully saturated rings. The topological polar surface area (TPSA) is 66.9 Å². The van der Waals surface area contributed by atoms with E-state index in [4.69, 9.17) is 4.74 Å². The zero-order chi connectivity index (χ0) is 19.6. The Morgan fingerprint density at radius 2 is 1.81 bits per heavy atom. The molecule has 2 heterocycles. The molecule has 6 heteroatoms. The summed E-state index contributed by atoms with van der Waals surface area (Å²) < 4.78 is 5.08. The predicted molar refractivity (Wildman–Crippen MR) is 102 cm³/mol. The Morgan fingerprint density at radius 3 is 2.44 bits per heavy atom. The Balaban J connectivity index is 1.59. The first-order chi connectivity index (χ1) is 12.9. The van der Waals surface area contributed by atoms with Gasteiger partial charge in [0.1, 0.15) is 0 Å². The first-order valence-electron chi connectivity index (χ1n) is 9.73. The number of carbonyl (C=O) groups is 3. The third kappa shape index (κ3) is 4.15. The lowest BCUT2D eigenvalue weighted by molar-refractivity contribution is -0.151. The molecule has 0 bridgehead atoms. The van der Waals surface area contributed by atoms with Gasteiger partial charge in [0.05, 0.1) is 18.4 Å². The van der Waals surface area contributed by atoms with Gasteiger partial charge in [-0.15, -0.1) is 0 Å². The van der Waals surface area contributed by atoms with Crippen molar-refractivity contribution in [1.82, 2.24) is 4.90 Å². The Kier molecular flexibility index (Phi) is 5.82. The molecule has 0 radical (unpaired) electrons.